The molecule has 0 aliphatic carbocycles. The van der Waals surface area contributed by atoms with E-state index in [1.165, 1.54) is 0 Å². The van der Waals surface area contributed by atoms with Crippen molar-refractivity contribution in [2.75, 3.05) is 48.5 Å². The fourth-order valence-corrected chi connectivity index (χ4v) is 6.66. The van der Waals surface area contributed by atoms with Gasteiger partial charge in [-0.2, -0.15) is 4.98 Å². The van der Waals surface area contributed by atoms with Crippen molar-refractivity contribution in [1.82, 2.24) is 34.8 Å². The highest BCUT2D eigenvalue weighted by Crippen LogP contribution is 2.53. The van der Waals surface area contributed by atoms with Crippen molar-refractivity contribution in [2.24, 2.45) is 0 Å². The number of ether oxygens (including phenoxy) is 2. The summed E-state index contributed by atoms with van der Waals surface area (Å²) in [5.41, 5.74) is 0.332. The third-order valence-corrected chi connectivity index (χ3v) is 9.22. The van der Waals surface area contributed by atoms with Crippen molar-refractivity contribution in [1.29, 1.82) is 0 Å². The van der Waals surface area contributed by atoms with Crippen molar-refractivity contribution in [3.8, 4) is 0 Å². The highest BCUT2D eigenvalue weighted by molar-refractivity contribution is 5.89. The maximum atomic E-state index is 12.5. The summed E-state index contributed by atoms with van der Waals surface area (Å²) in [7, 11) is 2.15. The van der Waals surface area contributed by atoms with Crippen LogP contribution in [0.15, 0.2) is 30.6 Å². The highest BCUT2D eigenvalue weighted by Gasteiger charge is 2.55. The average Bonchev–Trinajstić information content (AvgIpc) is 3.63. The molecule has 1 amide bonds. The number of aromatic nitrogens is 6. The van der Waals surface area contributed by atoms with Gasteiger partial charge in [-0.3, -0.25) is 4.90 Å². The smallest absolute Gasteiger partial charge is 0.415 e. The Bertz CT molecular complexity index is 1500. The lowest BCUT2D eigenvalue weighted by Crippen LogP contribution is -2.54. The number of likely N-dealkylation sites (tertiary alicyclic amines) is 1. The van der Waals surface area contributed by atoms with Crippen molar-refractivity contribution in [2.45, 2.75) is 76.1 Å². The van der Waals surface area contributed by atoms with Gasteiger partial charge >= 0.3 is 6.09 Å². The van der Waals surface area contributed by atoms with Gasteiger partial charge in [-0.05, 0) is 72.3 Å². The predicted octanol–water partition coefficient (Wildman–Crippen LogP) is 3.80. The van der Waals surface area contributed by atoms with Crippen LogP contribution in [0.5, 0.6) is 0 Å². The first-order chi connectivity index (χ1) is 20.1. The number of anilines is 5. The molecule has 3 aromatic heterocycles. The standard InChI is InChI=1S/C29H38N10O3/c1-18-16-41-27(40)38(18)23-7-6-8-24(32-23)39-21-13-28(2,3)42-17-29(21,4)20-14-30-26(33-25(20)39)31-22-15-37(35-34-22)19-9-11-36(5)12-10-19/h6-8,14-15,18-19,21H,9-13,16-17H2,1-5H3,(H,30,31,33)/t18-,21-,29-/m0/s1. The van der Waals surface area contributed by atoms with Crippen LogP contribution in [0.25, 0.3) is 0 Å². The van der Waals surface area contributed by atoms with Crippen molar-refractivity contribution < 1.29 is 14.3 Å². The maximum absolute atomic E-state index is 12.5. The van der Waals surface area contributed by atoms with Crippen LogP contribution < -0.4 is 15.1 Å². The number of cyclic esters (lactones) is 1. The summed E-state index contributed by atoms with van der Waals surface area (Å²) in [6, 6.07) is 6.00. The molecule has 0 radical (unpaired) electrons. The number of piperidine rings is 1. The van der Waals surface area contributed by atoms with Crippen LogP contribution in [-0.2, 0) is 14.9 Å². The zero-order valence-electron chi connectivity index (χ0n) is 24.8. The summed E-state index contributed by atoms with van der Waals surface area (Å²) in [6.45, 7) is 11.4. The number of fused-ring (bicyclic) bond motifs is 3. The lowest BCUT2D eigenvalue weighted by atomic mass is 9.73. The molecule has 13 nitrogen and oxygen atoms in total. The van der Waals surface area contributed by atoms with E-state index in [-0.39, 0.29) is 29.2 Å². The predicted molar refractivity (Wildman–Crippen MR) is 157 cm³/mol. The number of carbonyl (C=O) groups is 1. The second kappa shape index (κ2) is 9.87. The Labute approximate surface area is 245 Å². The largest absolute Gasteiger partial charge is 0.447 e. The van der Waals surface area contributed by atoms with E-state index in [0.717, 1.165) is 43.7 Å². The van der Waals surface area contributed by atoms with Crippen LogP contribution in [0, 0.1) is 0 Å². The summed E-state index contributed by atoms with van der Waals surface area (Å²) < 4.78 is 13.6. The minimum Gasteiger partial charge on any atom is -0.447 e. The third kappa shape index (κ3) is 4.55. The third-order valence-electron chi connectivity index (χ3n) is 9.22. The molecule has 4 aliphatic heterocycles. The fourth-order valence-electron chi connectivity index (χ4n) is 6.66. The normalized spacial score (nSPS) is 27.6. The fraction of sp³-hybridized carbons (Fsp3) is 0.586. The van der Waals surface area contributed by atoms with Crippen molar-refractivity contribution in [3.05, 3.63) is 36.2 Å². The summed E-state index contributed by atoms with van der Waals surface area (Å²) in [4.78, 5) is 33.4. The molecule has 3 fully saturated rings. The van der Waals surface area contributed by atoms with Gasteiger partial charge in [-0.1, -0.05) is 18.2 Å². The summed E-state index contributed by atoms with van der Waals surface area (Å²) in [5.74, 6) is 3.08. The van der Waals surface area contributed by atoms with E-state index in [1.807, 2.05) is 42.2 Å². The Hall–Kier alpha value is -3.84. The van der Waals surface area contributed by atoms with E-state index in [4.69, 9.17) is 24.4 Å². The quantitative estimate of drug-likeness (QED) is 0.478. The molecule has 7 heterocycles. The van der Waals surface area contributed by atoms with Gasteiger partial charge in [0.2, 0.25) is 5.95 Å². The molecule has 3 saturated heterocycles. The van der Waals surface area contributed by atoms with Gasteiger partial charge in [-0.25, -0.2) is 19.4 Å². The van der Waals surface area contributed by atoms with E-state index in [1.54, 1.807) is 4.90 Å². The van der Waals surface area contributed by atoms with Crippen molar-refractivity contribution in [3.63, 3.8) is 0 Å². The molecule has 0 aromatic carbocycles. The lowest BCUT2D eigenvalue weighted by molar-refractivity contribution is -0.0893. The summed E-state index contributed by atoms with van der Waals surface area (Å²) >= 11 is 0. The van der Waals surface area contributed by atoms with E-state index in [9.17, 15) is 4.79 Å². The molecule has 3 aromatic rings. The average molecular weight is 575 g/mol. The molecule has 4 aliphatic rings. The van der Waals surface area contributed by atoms with Gasteiger partial charge in [0.1, 0.15) is 24.1 Å². The SMILES string of the molecule is C[C@H]1COC(=O)N1c1cccc(N2c3nc(Nc4cn(C5CCN(C)CC5)nn4)ncc3[C@]3(C)COC(C)(C)C[C@H]23)n1. The van der Waals surface area contributed by atoms with Crippen LogP contribution >= 0.6 is 0 Å². The van der Waals surface area contributed by atoms with Gasteiger partial charge in [0.05, 0.1) is 36.5 Å². The highest BCUT2D eigenvalue weighted by atomic mass is 16.6. The van der Waals surface area contributed by atoms with Crippen molar-refractivity contribution >= 4 is 35.3 Å². The van der Waals surface area contributed by atoms with Gasteiger partial charge in [-0.15, -0.1) is 5.10 Å². The topological polar surface area (TPSA) is 127 Å². The Balaban J connectivity index is 1.23. The Morgan fingerprint density at radius 3 is 2.57 bits per heavy atom. The summed E-state index contributed by atoms with van der Waals surface area (Å²) in [5, 5.41) is 12.0. The first kappa shape index (κ1) is 27.0. The first-order valence-electron chi connectivity index (χ1n) is 14.7. The molecule has 3 atom stereocenters. The summed E-state index contributed by atoms with van der Waals surface area (Å²) in [6.07, 6.45) is 6.30. The monoisotopic (exact) mass is 574 g/mol. The molecule has 13 heteroatoms. The minimum atomic E-state index is -0.381. The zero-order valence-corrected chi connectivity index (χ0v) is 24.8. The molecule has 0 saturated carbocycles. The molecular formula is C29H38N10O3. The lowest BCUT2D eigenvalue weighted by Gasteiger charge is -2.46. The maximum Gasteiger partial charge on any atom is 0.415 e. The minimum absolute atomic E-state index is 0.0248. The second-order valence-electron chi connectivity index (χ2n) is 12.9. The number of hydrogen-bond donors (Lipinski definition) is 1. The Morgan fingerprint density at radius 1 is 1.07 bits per heavy atom. The molecule has 222 valence electrons. The molecule has 1 N–H and O–H groups in total. The van der Waals surface area contributed by atoms with Crippen LogP contribution in [0.2, 0.25) is 0 Å². The number of rotatable bonds is 5. The molecule has 0 spiro atoms. The molecule has 42 heavy (non-hydrogen) atoms. The zero-order chi connectivity index (χ0) is 29.2. The number of carbonyl (C=O) groups excluding carboxylic acids is 1. The molecule has 0 bridgehead atoms. The number of hydrogen-bond acceptors (Lipinski definition) is 11. The van der Waals surface area contributed by atoms with Crippen LogP contribution in [0.1, 0.15) is 58.6 Å². The number of nitrogens with zero attached hydrogens (tertiary/aromatic N) is 9. The Morgan fingerprint density at radius 2 is 1.83 bits per heavy atom. The van der Waals surface area contributed by atoms with E-state index < -0.39 is 0 Å². The van der Waals surface area contributed by atoms with Crippen LogP contribution in [0.4, 0.5) is 34.0 Å². The van der Waals surface area contributed by atoms with Gasteiger partial charge in [0.25, 0.3) is 0 Å². The van der Waals surface area contributed by atoms with E-state index >= 15 is 0 Å². The van der Waals surface area contributed by atoms with E-state index in [2.05, 4.69) is 53.2 Å². The molecule has 7 rings (SSSR count). The first-order valence-corrected chi connectivity index (χ1v) is 14.7. The van der Waals surface area contributed by atoms with Crippen LogP contribution in [0.3, 0.4) is 0 Å². The number of pyridine rings is 1. The molecule has 0 unspecified atom stereocenters. The second-order valence-corrected chi connectivity index (χ2v) is 12.9. The molecular weight excluding hydrogens is 536 g/mol. The van der Waals surface area contributed by atoms with Gasteiger partial charge in [0.15, 0.2) is 5.82 Å². The number of nitrogens with one attached hydrogen (secondary N) is 1. The van der Waals surface area contributed by atoms with Crippen LogP contribution in [-0.4, -0.2) is 92.0 Å². The van der Waals surface area contributed by atoms with Gasteiger partial charge in [0, 0.05) is 17.2 Å². The Kier molecular flexibility index (Phi) is 6.35. The van der Waals surface area contributed by atoms with E-state index in [0.29, 0.717) is 42.7 Å². The number of amides is 1. The van der Waals surface area contributed by atoms with Gasteiger partial charge < -0.3 is 24.6 Å².